The van der Waals surface area contributed by atoms with E-state index in [-0.39, 0.29) is 0 Å². The summed E-state index contributed by atoms with van der Waals surface area (Å²) in [6.45, 7) is 4.92. The van der Waals surface area contributed by atoms with Gasteiger partial charge in [0.2, 0.25) is 0 Å². The van der Waals surface area contributed by atoms with Gasteiger partial charge in [-0.05, 0) is 50.2 Å². The fraction of sp³-hybridized carbons (Fsp3) is 0.267. The molecule has 2 rings (SSSR count). The molecule has 0 fully saturated rings. The Morgan fingerprint density at radius 3 is 2.56 bits per heavy atom. The number of rotatable bonds is 4. The van der Waals surface area contributed by atoms with Crippen molar-refractivity contribution in [2.24, 2.45) is 0 Å². The Morgan fingerprint density at radius 1 is 1.06 bits per heavy atom. The van der Waals surface area contributed by atoms with Crippen molar-refractivity contribution in [3.63, 3.8) is 0 Å². The van der Waals surface area contributed by atoms with E-state index in [2.05, 4.69) is 30.2 Å². The summed E-state index contributed by atoms with van der Waals surface area (Å²) >= 11 is 0. The SMILES string of the molecule is CNCc1cc(Oc2ccc(C)c(C)c2)ccn1. The second kappa shape index (κ2) is 5.65. The van der Waals surface area contributed by atoms with Crippen LogP contribution in [0.25, 0.3) is 0 Å². The molecule has 0 saturated heterocycles. The first-order valence-corrected chi connectivity index (χ1v) is 6.03. The Bertz CT molecular complexity index is 538. The maximum absolute atomic E-state index is 5.83. The van der Waals surface area contributed by atoms with Gasteiger partial charge in [0.25, 0.3) is 0 Å². The molecule has 0 aliphatic rings. The average molecular weight is 242 g/mol. The molecule has 0 amide bonds. The molecule has 0 atom stereocenters. The van der Waals surface area contributed by atoms with Gasteiger partial charge < -0.3 is 10.1 Å². The molecule has 2 aromatic rings. The number of hydrogen-bond acceptors (Lipinski definition) is 3. The molecular weight excluding hydrogens is 224 g/mol. The van der Waals surface area contributed by atoms with Gasteiger partial charge in [0.15, 0.2) is 0 Å². The van der Waals surface area contributed by atoms with Crippen molar-refractivity contribution in [3.8, 4) is 11.5 Å². The van der Waals surface area contributed by atoms with E-state index < -0.39 is 0 Å². The monoisotopic (exact) mass is 242 g/mol. The molecule has 94 valence electrons. The third-order valence-corrected chi connectivity index (χ3v) is 2.86. The molecule has 18 heavy (non-hydrogen) atoms. The van der Waals surface area contributed by atoms with E-state index in [0.717, 1.165) is 23.7 Å². The van der Waals surface area contributed by atoms with Crippen molar-refractivity contribution in [2.75, 3.05) is 7.05 Å². The highest BCUT2D eigenvalue weighted by Gasteiger charge is 2.01. The lowest BCUT2D eigenvalue weighted by Gasteiger charge is -2.09. The summed E-state index contributed by atoms with van der Waals surface area (Å²) in [5.41, 5.74) is 3.48. The fourth-order valence-electron chi connectivity index (χ4n) is 1.71. The first kappa shape index (κ1) is 12.6. The zero-order chi connectivity index (χ0) is 13.0. The van der Waals surface area contributed by atoms with Crippen LogP contribution in [0.3, 0.4) is 0 Å². The molecule has 0 aliphatic carbocycles. The molecular formula is C15H18N2O. The van der Waals surface area contributed by atoms with E-state index in [0.29, 0.717) is 0 Å². The lowest BCUT2D eigenvalue weighted by Crippen LogP contribution is -2.06. The van der Waals surface area contributed by atoms with Gasteiger partial charge in [-0.25, -0.2) is 0 Å². The number of benzene rings is 1. The maximum Gasteiger partial charge on any atom is 0.130 e. The highest BCUT2D eigenvalue weighted by molar-refractivity contribution is 5.37. The lowest BCUT2D eigenvalue weighted by atomic mass is 10.1. The number of nitrogens with zero attached hydrogens (tertiary/aromatic N) is 1. The molecule has 1 aromatic heterocycles. The minimum Gasteiger partial charge on any atom is -0.457 e. The van der Waals surface area contributed by atoms with Crippen molar-refractivity contribution in [1.82, 2.24) is 10.3 Å². The van der Waals surface area contributed by atoms with Crippen LogP contribution in [-0.2, 0) is 6.54 Å². The van der Waals surface area contributed by atoms with Gasteiger partial charge in [-0.2, -0.15) is 0 Å². The van der Waals surface area contributed by atoms with Crippen LogP contribution in [0.2, 0.25) is 0 Å². The number of ether oxygens (including phenoxy) is 1. The quantitative estimate of drug-likeness (QED) is 0.894. The summed E-state index contributed by atoms with van der Waals surface area (Å²) in [6, 6.07) is 9.93. The first-order chi connectivity index (χ1) is 8.69. The molecule has 0 radical (unpaired) electrons. The van der Waals surface area contributed by atoms with Crippen LogP contribution in [0.4, 0.5) is 0 Å². The normalized spacial score (nSPS) is 10.4. The number of aromatic nitrogens is 1. The highest BCUT2D eigenvalue weighted by atomic mass is 16.5. The summed E-state index contributed by atoms with van der Waals surface area (Å²) in [4.78, 5) is 4.26. The molecule has 1 N–H and O–H groups in total. The zero-order valence-electron chi connectivity index (χ0n) is 11.0. The average Bonchev–Trinajstić information content (AvgIpc) is 2.35. The Hall–Kier alpha value is -1.87. The molecule has 0 unspecified atom stereocenters. The van der Waals surface area contributed by atoms with Crippen molar-refractivity contribution < 1.29 is 4.74 Å². The smallest absolute Gasteiger partial charge is 0.130 e. The number of nitrogens with one attached hydrogen (secondary N) is 1. The number of pyridine rings is 1. The van der Waals surface area contributed by atoms with Gasteiger partial charge in [-0.1, -0.05) is 6.07 Å². The molecule has 1 heterocycles. The Kier molecular flexibility index (Phi) is 3.95. The minimum absolute atomic E-state index is 0.740. The van der Waals surface area contributed by atoms with Gasteiger partial charge in [0, 0.05) is 18.8 Å². The minimum atomic E-state index is 0.740. The molecule has 3 nitrogen and oxygen atoms in total. The summed E-state index contributed by atoms with van der Waals surface area (Å²) in [7, 11) is 1.90. The first-order valence-electron chi connectivity index (χ1n) is 6.03. The van der Waals surface area contributed by atoms with Gasteiger partial charge in [-0.15, -0.1) is 0 Å². The molecule has 0 aliphatic heterocycles. The summed E-state index contributed by atoms with van der Waals surface area (Å²) < 4.78 is 5.83. The number of aryl methyl sites for hydroxylation is 2. The second-order valence-electron chi connectivity index (χ2n) is 4.36. The van der Waals surface area contributed by atoms with Gasteiger partial charge in [0.1, 0.15) is 11.5 Å². The molecule has 0 bridgehead atoms. The topological polar surface area (TPSA) is 34.1 Å². The lowest BCUT2D eigenvalue weighted by molar-refractivity contribution is 0.480. The van der Waals surface area contributed by atoms with E-state index in [1.54, 1.807) is 6.20 Å². The van der Waals surface area contributed by atoms with Crippen molar-refractivity contribution in [1.29, 1.82) is 0 Å². The standard InChI is InChI=1S/C15H18N2O/c1-11-4-5-14(8-12(11)2)18-15-6-7-17-13(9-15)10-16-3/h4-9,16H,10H2,1-3H3. The predicted molar refractivity (Wildman–Crippen MR) is 73.0 cm³/mol. The van der Waals surface area contributed by atoms with Crippen LogP contribution in [0.15, 0.2) is 36.5 Å². The van der Waals surface area contributed by atoms with E-state index >= 15 is 0 Å². The predicted octanol–water partition coefficient (Wildman–Crippen LogP) is 3.21. The largest absolute Gasteiger partial charge is 0.457 e. The molecule has 0 spiro atoms. The van der Waals surface area contributed by atoms with Crippen LogP contribution >= 0.6 is 0 Å². The van der Waals surface area contributed by atoms with Crippen LogP contribution in [0.1, 0.15) is 16.8 Å². The van der Waals surface area contributed by atoms with E-state index in [4.69, 9.17) is 4.74 Å². The summed E-state index contributed by atoms with van der Waals surface area (Å²) in [5.74, 6) is 1.68. The van der Waals surface area contributed by atoms with Crippen LogP contribution in [0, 0.1) is 13.8 Å². The van der Waals surface area contributed by atoms with Crippen LogP contribution in [-0.4, -0.2) is 12.0 Å². The summed E-state index contributed by atoms with van der Waals surface area (Å²) in [6.07, 6.45) is 1.77. The van der Waals surface area contributed by atoms with Gasteiger partial charge in [-0.3, -0.25) is 4.98 Å². The Balaban J connectivity index is 2.17. The van der Waals surface area contributed by atoms with Crippen molar-refractivity contribution >= 4 is 0 Å². The molecule has 0 saturated carbocycles. The number of hydrogen-bond donors (Lipinski definition) is 1. The van der Waals surface area contributed by atoms with E-state index in [1.807, 2.05) is 31.3 Å². The van der Waals surface area contributed by atoms with Crippen LogP contribution < -0.4 is 10.1 Å². The Labute approximate surface area is 108 Å². The van der Waals surface area contributed by atoms with Gasteiger partial charge >= 0.3 is 0 Å². The third-order valence-electron chi connectivity index (χ3n) is 2.86. The summed E-state index contributed by atoms with van der Waals surface area (Å²) in [5, 5.41) is 3.07. The maximum atomic E-state index is 5.83. The fourth-order valence-corrected chi connectivity index (χ4v) is 1.71. The molecule has 3 heteroatoms. The molecule has 1 aromatic carbocycles. The van der Waals surface area contributed by atoms with Crippen LogP contribution in [0.5, 0.6) is 11.5 Å². The highest BCUT2D eigenvalue weighted by Crippen LogP contribution is 2.23. The zero-order valence-corrected chi connectivity index (χ0v) is 11.0. The third kappa shape index (κ3) is 3.08. The Morgan fingerprint density at radius 2 is 1.83 bits per heavy atom. The van der Waals surface area contributed by atoms with E-state index in [9.17, 15) is 0 Å². The van der Waals surface area contributed by atoms with Crippen molar-refractivity contribution in [3.05, 3.63) is 53.3 Å². The van der Waals surface area contributed by atoms with Crippen molar-refractivity contribution in [2.45, 2.75) is 20.4 Å². The van der Waals surface area contributed by atoms with Gasteiger partial charge in [0.05, 0.1) is 5.69 Å². The van der Waals surface area contributed by atoms with E-state index in [1.165, 1.54) is 11.1 Å². The second-order valence-corrected chi connectivity index (χ2v) is 4.36.